The number of carbonyl (C=O) groups excluding carboxylic acids is 5. The van der Waals surface area contributed by atoms with E-state index in [9.17, 15) is 24.0 Å². The Kier molecular flexibility index (Phi) is 11.9. The van der Waals surface area contributed by atoms with Crippen molar-refractivity contribution in [2.75, 3.05) is 11.9 Å². The van der Waals surface area contributed by atoms with Crippen molar-refractivity contribution in [3.63, 3.8) is 0 Å². The summed E-state index contributed by atoms with van der Waals surface area (Å²) in [6.45, 7) is 12.2. The van der Waals surface area contributed by atoms with Gasteiger partial charge in [-0.3, -0.25) is 28.9 Å². The highest BCUT2D eigenvalue weighted by atomic mass is 16.2. The predicted molar refractivity (Wildman–Crippen MR) is 152 cm³/mol. The first kappa shape index (κ1) is 31.7. The number of anilines is 1. The van der Waals surface area contributed by atoms with E-state index in [1.807, 2.05) is 38.1 Å². The molecule has 0 saturated carbocycles. The lowest BCUT2D eigenvalue weighted by molar-refractivity contribution is -0.137. The summed E-state index contributed by atoms with van der Waals surface area (Å²) in [5.41, 5.74) is 2.06. The van der Waals surface area contributed by atoms with Gasteiger partial charge >= 0.3 is 0 Å². The number of unbranched alkanes of at least 4 members (excludes halogenated alkanes) is 2. The Morgan fingerprint density at radius 3 is 2.05 bits per heavy atom. The first-order valence-electron chi connectivity index (χ1n) is 13.9. The van der Waals surface area contributed by atoms with Gasteiger partial charge in [0, 0.05) is 30.8 Å². The molecule has 1 aromatic carbocycles. The van der Waals surface area contributed by atoms with E-state index in [-0.39, 0.29) is 41.4 Å². The summed E-state index contributed by atoms with van der Waals surface area (Å²) in [5, 5.41) is 8.32. The van der Waals surface area contributed by atoms with Crippen LogP contribution in [0.2, 0.25) is 0 Å². The lowest BCUT2D eigenvalue weighted by atomic mass is 9.83. The molecule has 9 nitrogen and oxygen atoms in total. The third-order valence-electron chi connectivity index (χ3n) is 7.07. The molecule has 2 rings (SSSR count). The van der Waals surface area contributed by atoms with Crippen LogP contribution in [-0.2, 0) is 30.4 Å². The molecule has 0 aromatic heterocycles. The SMILES string of the molecule is CCC(C)(C)Cc1ccc(NC(=O)[C@H](C)NC(=O)C(NC(=O)CCCCCN2C(=O)C=CC2=O)C(C)C)cc1. The van der Waals surface area contributed by atoms with Crippen LogP contribution in [0.25, 0.3) is 0 Å². The fourth-order valence-electron chi connectivity index (χ4n) is 4.17. The Labute approximate surface area is 232 Å². The molecule has 0 saturated heterocycles. The second kappa shape index (κ2) is 14.6. The molecule has 0 bridgehead atoms. The largest absolute Gasteiger partial charge is 0.344 e. The highest BCUT2D eigenvalue weighted by Gasteiger charge is 2.27. The second-order valence-electron chi connectivity index (χ2n) is 11.4. The van der Waals surface area contributed by atoms with E-state index in [1.54, 1.807) is 6.92 Å². The molecular weight excluding hydrogens is 496 g/mol. The van der Waals surface area contributed by atoms with Crippen LogP contribution in [0.1, 0.15) is 79.2 Å². The number of hydrogen-bond donors (Lipinski definition) is 3. The molecule has 1 heterocycles. The normalized spacial score (nSPS) is 14.9. The Morgan fingerprint density at radius 2 is 1.49 bits per heavy atom. The zero-order chi connectivity index (χ0) is 29.2. The van der Waals surface area contributed by atoms with Crippen molar-refractivity contribution in [2.24, 2.45) is 11.3 Å². The first-order chi connectivity index (χ1) is 18.3. The topological polar surface area (TPSA) is 125 Å². The van der Waals surface area contributed by atoms with Crippen LogP contribution in [0, 0.1) is 11.3 Å². The summed E-state index contributed by atoms with van der Waals surface area (Å²) in [6, 6.07) is 6.16. The molecule has 0 fully saturated rings. The van der Waals surface area contributed by atoms with Gasteiger partial charge in [-0.25, -0.2) is 0 Å². The summed E-state index contributed by atoms with van der Waals surface area (Å²) in [7, 11) is 0. The van der Waals surface area contributed by atoms with Crippen molar-refractivity contribution in [1.82, 2.24) is 15.5 Å². The van der Waals surface area contributed by atoms with Crippen molar-refractivity contribution < 1.29 is 24.0 Å². The maximum atomic E-state index is 12.9. The van der Waals surface area contributed by atoms with Crippen molar-refractivity contribution in [2.45, 2.75) is 92.2 Å². The minimum absolute atomic E-state index is 0.177. The molecule has 9 heteroatoms. The molecule has 2 atom stereocenters. The van der Waals surface area contributed by atoms with Crippen LogP contribution in [0.3, 0.4) is 0 Å². The number of nitrogens with zero attached hydrogens (tertiary/aromatic N) is 1. The maximum Gasteiger partial charge on any atom is 0.253 e. The van der Waals surface area contributed by atoms with Gasteiger partial charge in [-0.2, -0.15) is 0 Å². The predicted octanol–water partition coefficient (Wildman–Crippen LogP) is 3.73. The number of amides is 5. The number of nitrogens with one attached hydrogen (secondary N) is 3. The van der Waals surface area contributed by atoms with Crippen LogP contribution in [0.15, 0.2) is 36.4 Å². The first-order valence-corrected chi connectivity index (χ1v) is 13.9. The number of rotatable bonds is 15. The van der Waals surface area contributed by atoms with Crippen molar-refractivity contribution >= 4 is 35.2 Å². The second-order valence-corrected chi connectivity index (χ2v) is 11.4. The highest BCUT2D eigenvalue weighted by Crippen LogP contribution is 2.26. The molecule has 1 aliphatic rings. The highest BCUT2D eigenvalue weighted by molar-refractivity contribution is 6.12. The van der Waals surface area contributed by atoms with Gasteiger partial charge in [0.1, 0.15) is 12.1 Å². The lowest BCUT2D eigenvalue weighted by Crippen LogP contribution is -2.53. The van der Waals surface area contributed by atoms with Crippen molar-refractivity contribution in [1.29, 1.82) is 0 Å². The lowest BCUT2D eigenvalue weighted by Gasteiger charge is -2.24. The Balaban J connectivity index is 1.77. The van der Waals surface area contributed by atoms with Crippen LogP contribution in [0.4, 0.5) is 5.69 Å². The Bertz CT molecular complexity index is 1040. The Hall–Kier alpha value is -3.49. The van der Waals surface area contributed by atoms with Crippen LogP contribution >= 0.6 is 0 Å². The van der Waals surface area contributed by atoms with Crippen molar-refractivity contribution in [3.8, 4) is 0 Å². The molecule has 0 spiro atoms. The molecule has 0 aliphatic carbocycles. The number of imide groups is 1. The summed E-state index contributed by atoms with van der Waals surface area (Å²) in [4.78, 5) is 62.4. The van der Waals surface area contributed by atoms with Gasteiger partial charge in [-0.05, 0) is 55.2 Å². The fourth-order valence-corrected chi connectivity index (χ4v) is 4.17. The maximum absolute atomic E-state index is 12.9. The van der Waals surface area contributed by atoms with Gasteiger partial charge in [-0.1, -0.05) is 59.6 Å². The van der Waals surface area contributed by atoms with E-state index in [0.29, 0.717) is 31.5 Å². The van der Waals surface area contributed by atoms with Gasteiger partial charge in [0.05, 0.1) is 0 Å². The standard InChI is InChI=1S/C30H44N4O5/c1-7-30(5,6)19-22-12-14-23(15-13-22)32-28(38)21(4)31-29(39)27(20(2)3)33-24(35)11-9-8-10-18-34-25(36)16-17-26(34)37/h12-17,20-21,27H,7-11,18-19H2,1-6H3,(H,31,39)(H,32,38)(H,33,35)/t21-,27?/m0/s1. The summed E-state index contributed by atoms with van der Waals surface area (Å²) in [5.74, 6) is -1.82. The summed E-state index contributed by atoms with van der Waals surface area (Å²) in [6.07, 6.45) is 6.58. The van der Waals surface area contributed by atoms with Gasteiger partial charge in [0.15, 0.2) is 0 Å². The van der Waals surface area contributed by atoms with Gasteiger partial charge in [0.2, 0.25) is 17.7 Å². The Morgan fingerprint density at radius 1 is 0.872 bits per heavy atom. The zero-order valence-corrected chi connectivity index (χ0v) is 24.1. The molecule has 0 radical (unpaired) electrons. The van der Waals surface area contributed by atoms with E-state index < -0.39 is 18.0 Å². The minimum Gasteiger partial charge on any atom is -0.344 e. The van der Waals surface area contributed by atoms with E-state index in [1.165, 1.54) is 22.6 Å². The average molecular weight is 541 g/mol. The van der Waals surface area contributed by atoms with Crippen LogP contribution < -0.4 is 16.0 Å². The molecule has 39 heavy (non-hydrogen) atoms. The third kappa shape index (κ3) is 10.3. The van der Waals surface area contributed by atoms with E-state index in [4.69, 9.17) is 0 Å². The molecule has 1 aliphatic heterocycles. The zero-order valence-electron chi connectivity index (χ0n) is 24.1. The molecule has 5 amide bonds. The molecule has 3 N–H and O–H groups in total. The third-order valence-corrected chi connectivity index (χ3v) is 7.07. The molecule has 1 unspecified atom stereocenters. The molecule has 1 aromatic rings. The van der Waals surface area contributed by atoms with Gasteiger partial charge in [0.25, 0.3) is 11.8 Å². The number of carbonyl (C=O) groups is 5. The average Bonchev–Trinajstić information content (AvgIpc) is 3.19. The fraction of sp³-hybridized carbons (Fsp3) is 0.567. The monoisotopic (exact) mass is 540 g/mol. The number of benzene rings is 1. The smallest absolute Gasteiger partial charge is 0.253 e. The summed E-state index contributed by atoms with van der Waals surface area (Å²) < 4.78 is 0. The quantitative estimate of drug-likeness (QED) is 0.231. The minimum atomic E-state index is -0.792. The van der Waals surface area contributed by atoms with E-state index in [2.05, 4.69) is 36.7 Å². The summed E-state index contributed by atoms with van der Waals surface area (Å²) >= 11 is 0. The van der Waals surface area contributed by atoms with Crippen molar-refractivity contribution in [3.05, 3.63) is 42.0 Å². The van der Waals surface area contributed by atoms with Gasteiger partial charge < -0.3 is 16.0 Å². The number of hydrogen-bond acceptors (Lipinski definition) is 5. The van der Waals surface area contributed by atoms with E-state index in [0.717, 1.165) is 12.8 Å². The van der Waals surface area contributed by atoms with Gasteiger partial charge in [-0.15, -0.1) is 0 Å². The van der Waals surface area contributed by atoms with Crippen LogP contribution in [0.5, 0.6) is 0 Å². The van der Waals surface area contributed by atoms with E-state index >= 15 is 0 Å². The van der Waals surface area contributed by atoms with Crippen LogP contribution in [-0.4, -0.2) is 53.1 Å². The molecule has 214 valence electrons. The molecular formula is C30H44N4O5.